The number of H-pyrrole nitrogens is 1. The second-order valence-corrected chi connectivity index (χ2v) is 8.71. The van der Waals surface area contributed by atoms with Crippen molar-refractivity contribution in [3.63, 3.8) is 0 Å². The van der Waals surface area contributed by atoms with E-state index in [1.54, 1.807) is 54.7 Å². The summed E-state index contributed by atoms with van der Waals surface area (Å²) >= 11 is 0. The van der Waals surface area contributed by atoms with E-state index in [2.05, 4.69) is 10.3 Å². The smallest absolute Gasteiger partial charge is 0.407 e. The van der Waals surface area contributed by atoms with Gasteiger partial charge in [-0.2, -0.15) is 0 Å². The van der Waals surface area contributed by atoms with Gasteiger partial charge in [-0.05, 0) is 57.7 Å². The van der Waals surface area contributed by atoms with E-state index < -0.39 is 11.7 Å². The van der Waals surface area contributed by atoms with Gasteiger partial charge in [0.05, 0.1) is 6.04 Å². The van der Waals surface area contributed by atoms with Crippen molar-refractivity contribution >= 4 is 17.8 Å². The summed E-state index contributed by atoms with van der Waals surface area (Å²) in [6.45, 7) is 5.77. The van der Waals surface area contributed by atoms with Crippen LogP contribution in [0, 0.1) is 5.92 Å². The van der Waals surface area contributed by atoms with Gasteiger partial charge in [0.2, 0.25) is 0 Å². The highest BCUT2D eigenvalue weighted by atomic mass is 16.6. The maximum absolute atomic E-state index is 13.0. The maximum Gasteiger partial charge on any atom is 0.407 e. The summed E-state index contributed by atoms with van der Waals surface area (Å²) < 4.78 is 5.29. The van der Waals surface area contributed by atoms with Crippen molar-refractivity contribution in [2.75, 3.05) is 13.6 Å². The largest absolute Gasteiger partial charge is 0.444 e. The molecule has 160 valence electrons. The van der Waals surface area contributed by atoms with E-state index in [9.17, 15) is 14.4 Å². The first-order valence-corrected chi connectivity index (χ1v) is 10.2. The fourth-order valence-corrected chi connectivity index (χ4v) is 3.35. The molecule has 30 heavy (non-hydrogen) atoms. The Morgan fingerprint density at radius 2 is 1.73 bits per heavy atom. The van der Waals surface area contributed by atoms with Gasteiger partial charge in [-0.15, -0.1) is 0 Å². The number of carbonyl (C=O) groups is 3. The fraction of sp³-hybridized carbons (Fsp3) is 0.435. The SMILES string of the molecule is CN(C(=O)c1ccc(C(=O)c2cc[nH]c2)cc1)[C@H](CNC(=O)OC(C)(C)C)C1CC1. The number of nitrogens with one attached hydrogen (secondary N) is 2. The summed E-state index contributed by atoms with van der Waals surface area (Å²) in [7, 11) is 1.75. The van der Waals surface area contributed by atoms with Crippen molar-refractivity contribution < 1.29 is 19.1 Å². The Morgan fingerprint density at radius 1 is 1.10 bits per heavy atom. The summed E-state index contributed by atoms with van der Waals surface area (Å²) in [6, 6.07) is 8.29. The number of carbonyl (C=O) groups excluding carboxylic acids is 3. The Bertz CT molecular complexity index is 894. The Kier molecular flexibility index (Phi) is 6.29. The summed E-state index contributed by atoms with van der Waals surface area (Å²) in [5, 5.41) is 2.78. The molecule has 1 aromatic carbocycles. The van der Waals surface area contributed by atoms with E-state index in [1.165, 1.54) is 0 Å². The third-order valence-corrected chi connectivity index (χ3v) is 5.09. The third kappa shape index (κ3) is 5.49. The van der Waals surface area contributed by atoms with Crippen LogP contribution in [0.25, 0.3) is 0 Å². The Morgan fingerprint density at radius 3 is 2.27 bits per heavy atom. The molecule has 0 radical (unpaired) electrons. The molecule has 1 aliphatic rings. The molecule has 0 bridgehead atoms. The molecular formula is C23H29N3O4. The molecule has 0 spiro atoms. The van der Waals surface area contributed by atoms with Crippen LogP contribution in [0.4, 0.5) is 4.79 Å². The summed E-state index contributed by atoms with van der Waals surface area (Å²) in [5.74, 6) is 0.128. The van der Waals surface area contributed by atoms with Crippen LogP contribution in [-0.2, 0) is 4.74 Å². The summed E-state index contributed by atoms with van der Waals surface area (Å²) in [5.41, 5.74) is 1.04. The van der Waals surface area contributed by atoms with E-state index in [1.807, 2.05) is 20.8 Å². The Balaban J connectivity index is 1.64. The Hall–Kier alpha value is -3.09. The number of hydrogen-bond acceptors (Lipinski definition) is 4. The first kappa shape index (κ1) is 21.6. The number of nitrogens with zero attached hydrogens (tertiary/aromatic N) is 1. The summed E-state index contributed by atoms with van der Waals surface area (Å²) in [4.78, 5) is 41.9. The lowest BCUT2D eigenvalue weighted by Crippen LogP contribution is -2.47. The number of aromatic nitrogens is 1. The zero-order valence-corrected chi connectivity index (χ0v) is 17.9. The van der Waals surface area contributed by atoms with Gasteiger partial charge in [-0.25, -0.2) is 4.79 Å². The molecule has 3 rings (SSSR count). The molecular weight excluding hydrogens is 382 g/mol. The lowest BCUT2D eigenvalue weighted by Gasteiger charge is -2.29. The van der Waals surface area contributed by atoms with Gasteiger partial charge in [0.25, 0.3) is 5.91 Å². The van der Waals surface area contributed by atoms with Crippen LogP contribution in [-0.4, -0.2) is 52.9 Å². The molecule has 0 unspecified atom stereocenters. The van der Waals surface area contributed by atoms with Crippen LogP contribution in [0.5, 0.6) is 0 Å². The second-order valence-electron chi connectivity index (χ2n) is 8.71. The molecule has 2 N–H and O–H groups in total. The highest BCUT2D eigenvalue weighted by Gasteiger charge is 2.36. The van der Waals surface area contributed by atoms with E-state index in [0.29, 0.717) is 29.2 Å². The number of ether oxygens (including phenoxy) is 1. The molecule has 1 aliphatic carbocycles. The highest BCUT2D eigenvalue weighted by molar-refractivity contribution is 6.09. The number of alkyl carbamates (subject to hydrolysis) is 1. The van der Waals surface area contributed by atoms with Crippen LogP contribution < -0.4 is 5.32 Å². The molecule has 0 aliphatic heterocycles. The molecule has 1 aromatic heterocycles. The number of hydrogen-bond donors (Lipinski definition) is 2. The highest BCUT2D eigenvalue weighted by Crippen LogP contribution is 2.35. The lowest BCUT2D eigenvalue weighted by atomic mass is 10.0. The zero-order chi connectivity index (χ0) is 21.9. The van der Waals surface area contributed by atoms with Crippen molar-refractivity contribution in [2.24, 2.45) is 5.92 Å². The third-order valence-electron chi connectivity index (χ3n) is 5.09. The first-order valence-electron chi connectivity index (χ1n) is 10.2. The standard InChI is InChI=1S/C23H29N3O4/c1-23(2,3)30-22(29)25-14-19(15-5-6-15)26(4)21(28)17-9-7-16(8-10-17)20(27)18-11-12-24-13-18/h7-13,15,19,24H,5-6,14H2,1-4H3,(H,25,29)/t19-/m1/s1. The molecule has 1 atom stereocenters. The Labute approximate surface area is 176 Å². The van der Waals surface area contributed by atoms with Crippen molar-refractivity contribution in [1.82, 2.24) is 15.2 Å². The van der Waals surface area contributed by atoms with Gasteiger partial charge in [0.15, 0.2) is 5.78 Å². The van der Waals surface area contributed by atoms with E-state index in [0.717, 1.165) is 12.8 Å². The number of aromatic amines is 1. The minimum Gasteiger partial charge on any atom is -0.444 e. The predicted molar refractivity (Wildman–Crippen MR) is 114 cm³/mol. The van der Waals surface area contributed by atoms with Crippen molar-refractivity contribution in [3.8, 4) is 0 Å². The van der Waals surface area contributed by atoms with Gasteiger partial charge in [-0.3, -0.25) is 9.59 Å². The molecule has 7 heteroatoms. The topological polar surface area (TPSA) is 91.5 Å². The van der Waals surface area contributed by atoms with Crippen LogP contribution in [0.3, 0.4) is 0 Å². The average molecular weight is 412 g/mol. The van der Waals surface area contributed by atoms with Gasteiger partial charge < -0.3 is 19.9 Å². The fourth-order valence-electron chi connectivity index (χ4n) is 3.35. The second kappa shape index (κ2) is 8.73. The monoisotopic (exact) mass is 411 g/mol. The van der Waals surface area contributed by atoms with E-state index in [-0.39, 0.29) is 17.7 Å². The zero-order valence-electron chi connectivity index (χ0n) is 17.9. The molecule has 1 saturated carbocycles. The molecule has 7 nitrogen and oxygen atoms in total. The van der Waals surface area contributed by atoms with Gasteiger partial charge in [0.1, 0.15) is 5.60 Å². The van der Waals surface area contributed by atoms with Crippen molar-refractivity contribution in [1.29, 1.82) is 0 Å². The number of likely N-dealkylation sites (N-methyl/N-ethyl adjacent to an activating group) is 1. The van der Waals surface area contributed by atoms with Gasteiger partial charge in [0, 0.05) is 42.7 Å². The van der Waals surface area contributed by atoms with Crippen LogP contribution >= 0.6 is 0 Å². The quantitative estimate of drug-likeness (QED) is 0.681. The minimum absolute atomic E-state index is 0.0963. The number of rotatable bonds is 7. The average Bonchev–Trinajstić information content (AvgIpc) is 3.37. The molecule has 2 amide bonds. The normalized spacial score (nSPS) is 14.7. The molecule has 1 fully saturated rings. The number of ketones is 1. The molecule has 2 aromatic rings. The van der Waals surface area contributed by atoms with Gasteiger partial charge >= 0.3 is 6.09 Å². The minimum atomic E-state index is -0.569. The van der Waals surface area contributed by atoms with Crippen LogP contribution in [0.2, 0.25) is 0 Å². The van der Waals surface area contributed by atoms with Crippen molar-refractivity contribution in [3.05, 3.63) is 59.4 Å². The first-order chi connectivity index (χ1) is 14.2. The maximum atomic E-state index is 13.0. The molecule has 0 saturated heterocycles. The van der Waals surface area contributed by atoms with Crippen LogP contribution in [0.1, 0.15) is 59.9 Å². The van der Waals surface area contributed by atoms with Crippen LogP contribution in [0.15, 0.2) is 42.7 Å². The van der Waals surface area contributed by atoms with Gasteiger partial charge in [-0.1, -0.05) is 12.1 Å². The van der Waals surface area contributed by atoms with E-state index >= 15 is 0 Å². The predicted octanol–water partition coefficient (Wildman–Crippen LogP) is 3.62. The number of benzene rings is 1. The number of amides is 2. The lowest BCUT2D eigenvalue weighted by molar-refractivity contribution is 0.0491. The van der Waals surface area contributed by atoms with E-state index in [4.69, 9.17) is 4.74 Å². The molecule has 1 heterocycles. The summed E-state index contributed by atoms with van der Waals surface area (Å²) in [6.07, 6.45) is 4.92. The van der Waals surface area contributed by atoms with Crippen molar-refractivity contribution in [2.45, 2.75) is 45.3 Å².